The van der Waals surface area contributed by atoms with Crippen LogP contribution in [0.1, 0.15) is 31.7 Å². The van der Waals surface area contributed by atoms with Crippen LogP contribution in [0.15, 0.2) is 24.5 Å². The average molecular weight is 247 g/mol. The van der Waals surface area contributed by atoms with Gasteiger partial charge in [0.25, 0.3) is 0 Å². The predicted octanol–water partition coefficient (Wildman–Crippen LogP) is 2.09. The van der Waals surface area contributed by atoms with Crippen molar-refractivity contribution in [3.8, 4) is 0 Å². The van der Waals surface area contributed by atoms with Gasteiger partial charge in [0, 0.05) is 31.5 Å². The van der Waals surface area contributed by atoms with Crippen molar-refractivity contribution >= 4 is 0 Å². The maximum absolute atomic E-state index is 4.07. The minimum absolute atomic E-state index is 0.690. The monoisotopic (exact) mass is 247 g/mol. The lowest BCUT2D eigenvalue weighted by molar-refractivity contribution is 0.265. The molecule has 1 atom stereocenters. The molecule has 1 aliphatic rings. The highest BCUT2D eigenvalue weighted by Gasteiger charge is 2.16. The van der Waals surface area contributed by atoms with Gasteiger partial charge in [0.2, 0.25) is 0 Å². The zero-order valence-corrected chi connectivity index (χ0v) is 11.4. The van der Waals surface area contributed by atoms with E-state index < -0.39 is 0 Å². The second kappa shape index (κ2) is 7.49. The van der Waals surface area contributed by atoms with Crippen molar-refractivity contribution in [2.75, 3.05) is 26.2 Å². The topological polar surface area (TPSA) is 28.2 Å². The van der Waals surface area contributed by atoms with Crippen molar-refractivity contribution in [2.45, 2.75) is 38.6 Å². The fraction of sp³-hybridized carbons (Fsp3) is 0.667. The first-order chi connectivity index (χ1) is 8.88. The lowest BCUT2D eigenvalue weighted by Crippen LogP contribution is -2.38. The van der Waals surface area contributed by atoms with Crippen LogP contribution >= 0.6 is 0 Å². The lowest BCUT2D eigenvalue weighted by Gasteiger charge is -2.24. The zero-order chi connectivity index (χ0) is 12.6. The maximum Gasteiger partial charge on any atom is 0.0270 e. The molecule has 0 saturated carbocycles. The molecule has 1 aromatic rings. The Labute approximate surface area is 111 Å². The van der Waals surface area contributed by atoms with Crippen molar-refractivity contribution in [1.29, 1.82) is 0 Å². The zero-order valence-electron chi connectivity index (χ0n) is 11.4. The Morgan fingerprint density at radius 3 is 3.00 bits per heavy atom. The lowest BCUT2D eigenvalue weighted by atomic mass is 10.1. The third-order valence-electron chi connectivity index (χ3n) is 3.67. The summed E-state index contributed by atoms with van der Waals surface area (Å²) >= 11 is 0. The van der Waals surface area contributed by atoms with Gasteiger partial charge in [0.15, 0.2) is 0 Å². The third-order valence-corrected chi connectivity index (χ3v) is 3.67. The van der Waals surface area contributed by atoms with Gasteiger partial charge >= 0.3 is 0 Å². The van der Waals surface area contributed by atoms with E-state index in [9.17, 15) is 0 Å². The second-order valence-corrected chi connectivity index (χ2v) is 5.20. The quantitative estimate of drug-likeness (QED) is 0.863. The minimum Gasteiger partial charge on any atom is -0.313 e. The van der Waals surface area contributed by atoms with Crippen LogP contribution in [0.3, 0.4) is 0 Å². The van der Waals surface area contributed by atoms with Gasteiger partial charge in [-0.05, 0) is 50.0 Å². The molecular weight excluding hydrogens is 222 g/mol. The second-order valence-electron chi connectivity index (χ2n) is 5.20. The highest BCUT2D eigenvalue weighted by atomic mass is 15.2. The highest BCUT2D eigenvalue weighted by Crippen LogP contribution is 2.07. The van der Waals surface area contributed by atoms with Crippen LogP contribution < -0.4 is 5.32 Å². The van der Waals surface area contributed by atoms with Gasteiger partial charge < -0.3 is 10.2 Å². The van der Waals surface area contributed by atoms with Crippen LogP contribution in [0.2, 0.25) is 0 Å². The van der Waals surface area contributed by atoms with Crippen LogP contribution in [0, 0.1) is 0 Å². The van der Waals surface area contributed by atoms with Gasteiger partial charge in [-0.2, -0.15) is 0 Å². The van der Waals surface area contributed by atoms with E-state index in [1.807, 2.05) is 12.4 Å². The van der Waals surface area contributed by atoms with Gasteiger partial charge in [-0.25, -0.2) is 0 Å². The van der Waals surface area contributed by atoms with Crippen molar-refractivity contribution < 1.29 is 0 Å². The molecule has 1 fully saturated rings. The first-order valence-corrected chi connectivity index (χ1v) is 7.23. The maximum atomic E-state index is 4.07. The van der Waals surface area contributed by atoms with E-state index in [1.165, 1.54) is 51.0 Å². The molecule has 0 amide bonds. The van der Waals surface area contributed by atoms with Crippen molar-refractivity contribution in [1.82, 2.24) is 15.2 Å². The SMILES string of the molecule is CCCC1CN(CCc2ccncc2)CCCN1. The molecule has 3 nitrogen and oxygen atoms in total. The van der Waals surface area contributed by atoms with E-state index in [-0.39, 0.29) is 0 Å². The normalized spacial score (nSPS) is 21.7. The number of nitrogens with zero attached hydrogens (tertiary/aromatic N) is 2. The molecule has 100 valence electrons. The molecule has 0 aliphatic carbocycles. The molecule has 18 heavy (non-hydrogen) atoms. The van der Waals surface area contributed by atoms with E-state index in [1.54, 1.807) is 0 Å². The van der Waals surface area contributed by atoms with Crippen LogP contribution in [-0.4, -0.2) is 42.1 Å². The fourth-order valence-electron chi connectivity index (χ4n) is 2.66. The van der Waals surface area contributed by atoms with E-state index in [4.69, 9.17) is 0 Å². The molecule has 1 aliphatic heterocycles. The Morgan fingerprint density at radius 1 is 1.39 bits per heavy atom. The smallest absolute Gasteiger partial charge is 0.0270 e. The van der Waals surface area contributed by atoms with Crippen molar-refractivity contribution in [3.05, 3.63) is 30.1 Å². The molecule has 0 spiro atoms. The summed E-state index contributed by atoms with van der Waals surface area (Å²) in [5.41, 5.74) is 1.40. The number of nitrogens with one attached hydrogen (secondary N) is 1. The molecule has 2 rings (SSSR count). The van der Waals surface area contributed by atoms with Crippen LogP contribution in [-0.2, 0) is 6.42 Å². The largest absolute Gasteiger partial charge is 0.313 e. The predicted molar refractivity (Wildman–Crippen MR) is 75.7 cm³/mol. The van der Waals surface area contributed by atoms with Crippen molar-refractivity contribution in [3.63, 3.8) is 0 Å². The van der Waals surface area contributed by atoms with E-state index in [0.29, 0.717) is 6.04 Å². The molecule has 0 aromatic carbocycles. The van der Waals surface area contributed by atoms with Gasteiger partial charge in [-0.15, -0.1) is 0 Å². The molecule has 0 bridgehead atoms. The van der Waals surface area contributed by atoms with Gasteiger partial charge in [0.05, 0.1) is 0 Å². The van der Waals surface area contributed by atoms with E-state index in [2.05, 4.69) is 34.3 Å². The summed E-state index contributed by atoms with van der Waals surface area (Å²) in [6.07, 6.45) is 8.76. The highest BCUT2D eigenvalue weighted by molar-refractivity contribution is 5.09. The third kappa shape index (κ3) is 4.39. The molecule has 2 heterocycles. The van der Waals surface area contributed by atoms with Crippen LogP contribution in [0.5, 0.6) is 0 Å². The summed E-state index contributed by atoms with van der Waals surface area (Å²) in [5.74, 6) is 0. The van der Waals surface area contributed by atoms with E-state index in [0.717, 1.165) is 6.42 Å². The summed E-state index contributed by atoms with van der Waals surface area (Å²) in [6, 6.07) is 4.94. The Hall–Kier alpha value is -0.930. The number of hydrogen-bond donors (Lipinski definition) is 1. The summed E-state index contributed by atoms with van der Waals surface area (Å²) in [5, 5.41) is 3.66. The summed E-state index contributed by atoms with van der Waals surface area (Å²) in [6.45, 7) is 7.06. The number of rotatable bonds is 5. The van der Waals surface area contributed by atoms with Gasteiger partial charge in [0.1, 0.15) is 0 Å². The summed E-state index contributed by atoms with van der Waals surface area (Å²) < 4.78 is 0. The molecule has 1 unspecified atom stereocenters. The Balaban J connectivity index is 1.80. The van der Waals surface area contributed by atoms with Crippen LogP contribution in [0.25, 0.3) is 0 Å². The number of hydrogen-bond acceptors (Lipinski definition) is 3. The molecule has 3 heteroatoms. The van der Waals surface area contributed by atoms with Gasteiger partial charge in [-0.1, -0.05) is 13.3 Å². The number of pyridine rings is 1. The summed E-state index contributed by atoms with van der Waals surface area (Å²) in [4.78, 5) is 6.68. The van der Waals surface area contributed by atoms with Crippen molar-refractivity contribution in [2.24, 2.45) is 0 Å². The molecule has 1 aromatic heterocycles. The Morgan fingerprint density at radius 2 is 2.22 bits per heavy atom. The molecular formula is C15H25N3. The van der Waals surface area contributed by atoms with Gasteiger partial charge in [-0.3, -0.25) is 4.98 Å². The van der Waals surface area contributed by atoms with Crippen LogP contribution in [0.4, 0.5) is 0 Å². The fourth-order valence-corrected chi connectivity index (χ4v) is 2.66. The molecule has 0 radical (unpaired) electrons. The summed E-state index contributed by atoms with van der Waals surface area (Å²) in [7, 11) is 0. The Bertz CT molecular complexity index is 326. The Kier molecular flexibility index (Phi) is 5.62. The van der Waals surface area contributed by atoms with E-state index >= 15 is 0 Å². The minimum atomic E-state index is 0.690. The standard InChI is InChI=1S/C15H25N3/c1-2-4-15-13-18(11-3-8-17-15)12-7-14-5-9-16-10-6-14/h5-6,9-10,15,17H,2-4,7-8,11-13H2,1H3. The first kappa shape index (κ1) is 13.5. The molecule has 1 N–H and O–H groups in total. The average Bonchev–Trinajstić information content (AvgIpc) is 2.63. The number of aromatic nitrogens is 1. The molecule has 1 saturated heterocycles. The first-order valence-electron chi connectivity index (χ1n) is 7.23.